The average Bonchev–Trinajstić information content (AvgIpc) is 3.26. The van der Waals surface area contributed by atoms with E-state index in [1.54, 1.807) is 24.3 Å². The Morgan fingerprint density at radius 1 is 1.17 bits per heavy atom. The molecule has 2 atom stereocenters. The lowest BCUT2D eigenvalue weighted by Crippen LogP contribution is -2.35. The Morgan fingerprint density at radius 3 is 2.67 bits per heavy atom. The second kappa shape index (κ2) is 10.3. The van der Waals surface area contributed by atoms with Crippen LogP contribution in [0.5, 0.6) is 5.75 Å². The first-order chi connectivity index (χ1) is 14.5. The van der Waals surface area contributed by atoms with Crippen molar-refractivity contribution < 1.29 is 19.1 Å². The summed E-state index contributed by atoms with van der Waals surface area (Å²) in [5.74, 6) is 0.141. The van der Waals surface area contributed by atoms with E-state index >= 15 is 0 Å². The number of para-hydroxylation sites is 1. The van der Waals surface area contributed by atoms with E-state index in [-0.39, 0.29) is 17.9 Å². The highest BCUT2D eigenvalue weighted by atomic mass is 16.5. The van der Waals surface area contributed by atoms with Crippen molar-refractivity contribution in [3.8, 4) is 5.75 Å². The molecule has 1 saturated heterocycles. The van der Waals surface area contributed by atoms with E-state index in [0.717, 1.165) is 25.0 Å². The van der Waals surface area contributed by atoms with Gasteiger partial charge in [0.2, 0.25) is 0 Å². The van der Waals surface area contributed by atoms with Crippen LogP contribution in [0.1, 0.15) is 47.7 Å². The average molecular weight is 411 g/mol. The third-order valence-electron chi connectivity index (χ3n) is 5.36. The van der Waals surface area contributed by atoms with Crippen molar-refractivity contribution in [3.05, 3.63) is 59.2 Å². The number of hydrogen-bond donors (Lipinski definition) is 2. The summed E-state index contributed by atoms with van der Waals surface area (Å²) in [6.07, 6.45) is 1.88. The fourth-order valence-corrected chi connectivity index (χ4v) is 3.38. The van der Waals surface area contributed by atoms with Crippen LogP contribution in [0, 0.1) is 13.8 Å². The molecule has 2 aromatic carbocycles. The fraction of sp³-hybridized carbons (Fsp3) is 0.417. The van der Waals surface area contributed by atoms with Crippen molar-refractivity contribution in [2.75, 3.05) is 18.5 Å². The second-order valence-corrected chi connectivity index (χ2v) is 7.64. The largest absolute Gasteiger partial charge is 0.481 e. The van der Waals surface area contributed by atoms with Gasteiger partial charge in [-0.15, -0.1) is 0 Å². The zero-order valence-corrected chi connectivity index (χ0v) is 17.9. The Balaban J connectivity index is 1.65. The van der Waals surface area contributed by atoms with Gasteiger partial charge in [-0.1, -0.05) is 25.1 Å². The topological polar surface area (TPSA) is 76.7 Å². The van der Waals surface area contributed by atoms with Gasteiger partial charge in [0, 0.05) is 13.2 Å². The lowest BCUT2D eigenvalue weighted by Gasteiger charge is -2.19. The fourth-order valence-electron chi connectivity index (χ4n) is 3.38. The number of carbonyl (C=O) groups excluding carboxylic acids is 2. The molecule has 2 N–H and O–H groups in total. The number of amides is 2. The summed E-state index contributed by atoms with van der Waals surface area (Å²) in [5, 5.41) is 5.76. The van der Waals surface area contributed by atoms with Crippen LogP contribution in [0.3, 0.4) is 0 Å². The molecule has 0 bridgehead atoms. The van der Waals surface area contributed by atoms with Gasteiger partial charge in [-0.25, -0.2) is 0 Å². The van der Waals surface area contributed by atoms with Crippen LogP contribution >= 0.6 is 0 Å². The number of nitrogens with one attached hydrogen (secondary N) is 2. The van der Waals surface area contributed by atoms with Crippen molar-refractivity contribution in [3.63, 3.8) is 0 Å². The van der Waals surface area contributed by atoms with Crippen LogP contribution in [0.25, 0.3) is 0 Å². The predicted octanol–water partition coefficient (Wildman–Crippen LogP) is 4.01. The molecule has 1 heterocycles. The van der Waals surface area contributed by atoms with Gasteiger partial charge in [-0.05, 0) is 68.5 Å². The summed E-state index contributed by atoms with van der Waals surface area (Å²) in [4.78, 5) is 25.5. The van der Waals surface area contributed by atoms with Crippen LogP contribution in [-0.2, 0) is 9.53 Å². The maximum absolute atomic E-state index is 12.9. The minimum absolute atomic E-state index is 0.0616. The quantitative estimate of drug-likeness (QED) is 0.689. The molecule has 3 rings (SSSR count). The summed E-state index contributed by atoms with van der Waals surface area (Å²) in [5.41, 5.74) is 3.16. The molecule has 0 radical (unpaired) electrons. The van der Waals surface area contributed by atoms with Crippen LogP contribution < -0.4 is 15.4 Å². The molecule has 2 amide bonds. The number of hydrogen-bond acceptors (Lipinski definition) is 4. The molecule has 0 saturated carbocycles. The Labute approximate surface area is 178 Å². The van der Waals surface area contributed by atoms with E-state index in [9.17, 15) is 9.59 Å². The summed E-state index contributed by atoms with van der Waals surface area (Å²) in [6, 6.07) is 12.8. The van der Waals surface area contributed by atoms with Gasteiger partial charge in [0.15, 0.2) is 6.10 Å². The molecule has 1 fully saturated rings. The molecule has 0 unspecified atom stereocenters. The van der Waals surface area contributed by atoms with Crippen molar-refractivity contribution in [1.82, 2.24) is 5.32 Å². The minimum atomic E-state index is -0.657. The van der Waals surface area contributed by atoms with Crippen LogP contribution in [-0.4, -0.2) is 37.2 Å². The van der Waals surface area contributed by atoms with Crippen LogP contribution in [0.4, 0.5) is 5.69 Å². The summed E-state index contributed by atoms with van der Waals surface area (Å²) in [7, 11) is 0. The minimum Gasteiger partial charge on any atom is -0.481 e. The lowest BCUT2D eigenvalue weighted by atomic mass is 10.1. The number of aryl methyl sites for hydroxylation is 2. The SMILES string of the molecule is CC[C@H](Oc1ccc(C)c(C)c1)C(=O)Nc1ccccc1C(=O)NC[C@H]1CCCO1. The Kier molecular flexibility index (Phi) is 7.46. The number of ether oxygens (including phenoxy) is 2. The van der Waals surface area contributed by atoms with Crippen LogP contribution in [0.2, 0.25) is 0 Å². The third-order valence-corrected chi connectivity index (χ3v) is 5.36. The smallest absolute Gasteiger partial charge is 0.265 e. The van der Waals surface area contributed by atoms with E-state index < -0.39 is 6.10 Å². The molecule has 0 aromatic heterocycles. The Bertz CT molecular complexity index is 891. The number of benzene rings is 2. The van der Waals surface area contributed by atoms with Gasteiger partial charge in [0.25, 0.3) is 11.8 Å². The van der Waals surface area contributed by atoms with E-state index in [2.05, 4.69) is 10.6 Å². The maximum atomic E-state index is 12.9. The van der Waals surface area contributed by atoms with Gasteiger partial charge < -0.3 is 20.1 Å². The Morgan fingerprint density at radius 2 is 1.97 bits per heavy atom. The van der Waals surface area contributed by atoms with Gasteiger partial charge in [0.05, 0.1) is 17.4 Å². The van der Waals surface area contributed by atoms with Gasteiger partial charge in [-0.2, -0.15) is 0 Å². The highest BCUT2D eigenvalue weighted by Gasteiger charge is 2.22. The number of rotatable bonds is 8. The molecule has 6 nitrogen and oxygen atoms in total. The number of carbonyl (C=O) groups is 2. The summed E-state index contributed by atoms with van der Waals surface area (Å²) < 4.78 is 11.5. The first-order valence-corrected chi connectivity index (χ1v) is 10.5. The van der Waals surface area contributed by atoms with Gasteiger partial charge >= 0.3 is 0 Å². The van der Waals surface area contributed by atoms with Crippen molar-refractivity contribution in [1.29, 1.82) is 0 Å². The van der Waals surface area contributed by atoms with Crippen LogP contribution in [0.15, 0.2) is 42.5 Å². The normalized spacial score (nSPS) is 16.7. The highest BCUT2D eigenvalue weighted by molar-refractivity contribution is 6.04. The maximum Gasteiger partial charge on any atom is 0.265 e. The summed E-state index contributed by atoms with van der Waals surface area (Å²) in [6.45, 7) is 7.14. The second-order valence-electron chi connectivity index (χ2n) is 7.64. The van der Waals surface area contributed by atoms with E-state index in [1.807, 2.05) is 39.0 Å². The van der Waals surface area contributed by atoms with E-state index in [0.29, 0.717) is 30.0 Å². The zero-order chi connectivity index (χ0) is 21.5. The zero-order valence-electron chi connectivity index (χ0n) is 17.9. The van der Waals surface area contributed by atoms with E-state index in [1.165, 1.54) is 5.56 Å². The Hall–Kier alpha value is -2.86. The first-order valence-electron chi connectivity index (χ1n) is 10.5. The molecule has 160 valence electrons. The summed E-state index contributed by atoms with van der Waals surface area (Å²) >= 11 is 0. The number of anilines is 1. The molecule has 2 aromatic rings. The van der Waals surface area contributed by atoms with Crippen molar-refractivity contribution >= 4 is 17.5 Å². The van der Waals surface area contributed by atoms with Crippen molar-refractivity contribution in [2.45, 2.75) is 52.2 Å². The molecular weight excluding hydrogens is 380 g/mol. The van der Waals surface area contributed by atoms with Gasteiger partial charge in [-0.3, -0.25) is 9.59 Å². The molecular formula is C24H30N2O4. The standard InChI is InChI=1S/C24H30N2O4/c1-4-22(30-18-12-11-16(2)17(3)14-18)24(28)26-21-10-6-5-9-20(21)23(27)25-15-19-8-7-13-29-19/h5-6,9-12,14,19,22H,4,7-8,13,15H2,1-3H3,(H,25,27)(H,26,28)/t19-,22+/m1/s1. The monoisotopic (exact) mass is 410 g/mol. The lowest BCUT2D eigenvalue weighted by molar-refractivity contribution is -0.122. The molecule has 1 aliphatic heterocycles. The van der Waals surface area contributed by atoms with Gasteiger partial charge in [0.1, 0.15) is 5.75 Å². The highest BCUT2D eigenvalue weighted by Crippen LogP contribution is 2.21. The first kappa shape index (κ1) is 21.8. The predicted molar refractivity (Wildman–Crippen MR) is 117 cm³/mol. The van der Waals surface area contributed by atoms with E-state index in [4.69, 9.17) is 9.47 Å². The molecule has 6 heteroatoms. The molecule has 0 aliphatic carbocycles. The molecule has 0 spiro atoms. The third kappa shape index (κ3) is 5.60. The molecule has 30 heavy (non-hydrogen) atoms. The van der Waals surface area contributed by atoms with Crippen molar-refractivity contribution in [2.24, 2.45) is 0 Å². The molecule has 1 aliphatic rings.